The fourth-order valence-corrected chi connectivity index (χ4v) is 5.05. The van der Waals surface area contributed by atoms with Crippen LogP contribution < -0.4 is 0 Å². The third-order valence-electron chi connectivity index (χ3n) is 5.99. The van der Waals surface area contributed by atoms with Crippen molar-refractivity contribution in [1.82, 2.24) is 0 Å². The zero-order valence-corrected chi connectivity index (χ0v) is 13.2. The highest BCUT2D eigenvalue weighted by Gasteiger charge is 2.56. The molecule has 1 fully saturated rings. The van der Waals surface area contributed by atoms with Crippen LogP contribution >= 0.6 is 0 Å². The third-order valence-corrected chi connectivity index (χ3v) is 5.99. The standard InChI is InChI=1S/C20H20O3/c1-12-11-20(22-8-9-23-20)17-7-6-15-14-5-3-2-4-13(14)10-16(15)18(17)19(12)21/h2-6,11,16-18H,7-10H2,1H3/t16-,17+,18-/m1/s1. The number of carbonyl (C=O) groups excluding carboxylic acids is 1. The lowest BCUT2D eigenvalue weighted by Gasteiger charge is -2.45. The summed E-state index contributed by atoms with van der Waals surface area (Å²) in [7, 11) is 0. The Morgan fingerprint density at radius 1 is 1.17 bits per heavy atom. The number of benzene rings is 1. The zero-order valence-electron chi connectivity index (χ0n) is 13.2. The molecule has 3 nitrogen and oxygen atoms in total. The summed E-state index contributed by atoms with van der Waals surface area (Å²) in [6.45, 7) is 3.14. The van der Waals surface area contributed by atoms with Gasteiger partial charge in [-0.25, -0.2) is 0 Å². The highest BCUT2D eigenvalue weighted by molar-refractivity contribution is 6.00. The molecule has 1 aliphatic heterocycles. The van der Waals surface area contributed by atoms with E-state index < -0.39 is 5.79 Å². The first kappa shape index (κ1) is 13.7. The molecule has 118 valence electrons. The maximum Gasteiger partial charge on any atom is 0.192 e. The van der Waals surface area contributed by atoms with Gasteiger partial charge in [-0.05, 0) is 54.0 Å². The predicted molar refractivity (Wildman–Crippen MR) is 86.6 cm³/mol. The normalized spacial score (nSPS) is 33.8. The smallest absolute Gasteiger partial charge is 0.192 e. The van der Waals surface area contributed by atoms with Gasteiger partial charge in [-0.2, -0.15) is 0 Å². The second-order valence-corrected chi connectivity index (χ2v) is 7.11. The fourth-order valence-electron chi connectivity index (χ4n) is 5.05. The molecule has 0 bridgehead atoms. The number of hydrogen-bond acceptors (Lipinski definition) is 3. The van der Waals surface area contributed by atoms with Gasteiger partial charge >= 0.3 is 0 Å². The van der Waals surface area contributed by atoms with Crippen LogP contribution in [-0.4, -0.2) is 24.8 Å². The molecule has 23 heavy (non-hydrogen) atoms. The number of ketones is 1. The van der Waals surface area contributed by atoms with Gasteiger partial charge in [0, 0.05) is 11.8 Å². The Kier molecular flexibility index (Phi) is 2.77. The van der Waals surface area contributed by atoms with Crippen LogP contribution in [0.4, 0.5) is 0 Å². The molecule has 1 heterocycles. The summed E-state index contributed by atoms with van der Waals surface area (Å²) < 4.78 is 12.0. The molecule has 4 aliphatic rings. The summed E-state index contributed by atoms with van der Waals surface area (Å²) in [5.41, 5.74) is 4.85. The SMILES string of the molecule is CC1=CC2(OCCO2)[C@H]2CC=C3c4ccccc4C[C@H]3[C@H]2C1=O. The topological polar surface area (TPSA) is 35.5 Å². The van der Waals surface area contributed by atoms with E-state index in [1.165, 1.54) is 16.7 Å². The van der Waals surface area contributed by atoms with Crippen molar-refractivity contribution in [3.63, 3.8) is 0 Å². The van der Waals surface area contributed by atoms with Gasteiger partial charge in [0.1, 0.15) is 0 Å². The first-order chi connectivity index (χ1) is 11.2. The lowest BCUT2D eigenvalue weighted by Crippen LogP contribution is -2.51. The minimum absolute atomic E-state index is 0.0227. The number of allylic oxidation sites excluding steroid dienone is 3. The zero-order chi connectivity index (χ0) is 15.6. The molecule has 0 radical (unpaired) electrons. The van der Waals surface area contributed by atoms with E-state index in [1.54, 1.807) is 0 Å². The third kappa shape index (κ3) is 1.75. The van der Waals surface area contributed by atoms with Gasteiger partial charge in [0.2, 0.25) is 0 Å². The van der Waals surface area contributed by atoms with E-state index in [-0.39, 0.29) is 23.5 Å². The predicted octanol–water partition coefficient (Wildman–Crippen LogP) is 3.15. The lowest BCUT2D eigenvalue weighted by atomic mass is 9.63. The largest absolute Gasteiger partial charge is 0.344 e. The molecule has 0 saturated carbocycles. The molecule has 0 unspecified atom stereocenters. The van der Waals surface area contributed by atoms with Gasteiger partial charge in [-0.15, -0.1) is 0 Å². The van der Waals surface area contributed by atoms with E-state index in [0.717, 1.165) is 18.4 Å². The highest BCUT2D eigenvalue weighted by Crippen LogP contribution is 2.54. The maximum atomic E-state index is 13.0. The van der Waals surface area contributed by atoms with Gasteiger partial charge in [-0.1, -0.05) is 30.3 Å². The molecular weight excluding hydrogens is 288 g/mol. The van der Waals surface area contributed by atoms with E-state index in [1.807, 2.05) is 13.0 Å². The van der Waals surface area contributed by atoms with Gasteiger partial charge in [0.25, 0.3) is 0 Å². The molecule has 3 atom stereocenters. The summed E-state index contributed by atoms with van der Waals surface area (Å²) in [6.07, 6.45) is 6.06. The summed E-state index contributed by atoms with van der Waals surface area (Å²) in [5.74, 6) is -0.0516. The fraction of sp³-hybridized carbons (Fsp3) is 0.450. The van der Waals surface area contributed by atoms with E-state index in [0.29, 0.717) is 13.2 Å². The molecule has 1 aromatic carbocycles. The Bertz CT molecular complexity index is 752. The number of fused-ring (bicyclic) bond motifs is 6. The average Bonchev–Trinajstić information content (AvgIpc) is 3.17. The van der Waals surface area contributed by atoms with E-state index in [2.05, 4.69) is 30.3 Å². The number of Topliss-reactive ketones (excluding diaryl/α,β-unsaturated/α-hetero) is 1. The van der Waals surface area contributed by atoms with Crippen LogP contribution in [0.2, 0.25) is 0 Å². The van der Waals surface area contributed by atoms with Gasteiger partial charge < -0.3 is 9.47 Å². The number of hydrogen-bond donors (Lipinski definition) is 0. The van der Waals surface area contributed by atoms with Crippen molar-refractivity contribution in [2.24, 2.45) is 17.8 Å². The monoisotopic (exact) mass is 308 g/mol. The Balaban J connectivity index is 1.63. The van der Waals surface area contributed by atoms with Crippen LogP contribution in [0, 0.1) is 17.8 Å². The number of ether oxygens (including phenoxy) is 2. The quantitative estimate of drug-likeness (QED) is 0.738. The Hall–Kier alpha value is -1.71. The molecular formula is C20H20O3. The van der Waals surface area contributed by atoms with Crippen molar-refractivity contribution in [2.45, 2.75) is 25.6 Å². The molecule has 3 heteroatoms. The highest BCUT2D eigenvalue weighted by atomic mass is 16.7. The molecule has 1 saturated heterocycles. The van der Waals surface area contributed by atoms with Crippen molar-refractivity contribution in [3.05, 3.63) is 53.1 Å². The van der Waals surface area contributed by atoms with Crippen LogP contribution in [0.25, 0.3) is 5.57 Å². The van der Waals surface area contributed by atoms with Crippen LogP contribution in [0.15, 0.2) is 42.0 Å². The average molecular weight is 308 g/mol. The van der Waals surface area contributed by atoms with Gasteiger partial charge in [0.15, 0.2) is 11.6 Å². The molecule has 0 aromatic heterocycles. The van der Waals surface area contributed by atoms with Crippen LogP contribution in [-0.2, 0) is 20.7 Å². The first-order valence-corrected chi connectivity index (χ1v) is 8.49. The van der Waals surface area contributed by atoms with Crippen molar-refractivity contribution in [2.75, 3.05) is 13.2 Å². The molecule has 3 aliphatic carbocycles. The van der Waals surface area contributed by atoms with Gasteiger partial charge in [0.05, 0.1) is 13.2 Å². The minimum atomic E-state index is -0.681. The summed E-state index contributed by atoms with van der Waals surface area (Å²) in [5, 5.41) is 0. The Morgan fingerprint density at radius 2 is 1.96 bits per heavy atom. The lowest BCUT2D eigenvalue weighted by molar-refractivity contribution is -0.182. The maximum absolute atomic E-state index is 13.0. The van der Waals surface area contributed by atoms with Crippen molar-refractivity contribution >= 4 is 11.4 Å². The van der Waals surface area contributed by atoms with Crippen LogP contribution in [0.5, 0.6) is 0 Å². The molecule has 0 N–H and O–H groups in total. The van der Waals surface area contributed by atoms with Gasteiger partial charge in [-0.3, -0.25) is 4.79 Å². The second kappa shape index (κ2) is 4.65. The Labute approximate surface area is 136 Å². The molecule has 1 aromatic rings. The van der Waals surface area contributed by atoms with Crippen molar-refractivity contribution in [1.29, 1.82) is 0 Å². The molecule has 0 amide bonds. The second-order valence-electron chi connectivity index (χ2n) is 7.11. The molecule has 5 rings (SSSR count). The van der Waals surface area contributed by atoms with Crippen LogP contribution in [0.3, 0.4) is 0 Å². The first-order valence-electron chi connectivity index (χ1n) is 8.49. The van der Waals surface area contributed by atoms with Crippen LogP contribution in [0.1, 0.15) is 24.5 Å². The molecule has 1 spiro atoms. The van der Waals surface area contributed by atoms with Crippen molar-refractivity contribution < 1.29 is 14.3 Å². The minimum Gasteiger partial charge on any atom is -0.344 e. The number of rotatable bonds is 0. The van der Waals surface area contributed by atoms with E-state index >= 15 is 0 Å². The van der Waals surface area contributed by atoms with Crippen molar-refractivity contribution in [3.8, 4) is 0 Å². The van der Waals surface area contributed by atoms with E-state index in [9.17, 15) is 4.79 Å². The summed E-state index contributed by atoms with van der Waals surface area (Å²) in [4.78, 5) is 13.0. The van der Waals surface area contributed by atoms with E-state index in [4.69, 9.17) is 9.47 Å². The number of carbonyl (C=O) groups is 1. The summed E-state index contributed by atoms with van der Waals surface area (Å²) in [6, 6.07) is 8.56. The Morgan fingerprint density at radius 3 is 2.78 bits per heavy atom. The summed E-state index contributed by atoms with van der Waals surface area (Å²) >= 11 is 0.